The molecule has 0 saturated carbocycles. The van der Waals surface area contributed by atoms with Gasteiger partial charge in [-0.2, -0.15) is 0 Å². The van der Waals surface area contributed by atoms with Crippen molar-refractivity contribution in [3.05, 3.63) is 0 Å². The summed E-state index contributed by atoms with van der Waals surface area (Å²) in [5.41, 5.74) is 0. The van der Waals surface area contributed by atoms with Gasteiger partial charge in [0.15, 0.2) is 0 Å². The fourth-order valence-corrected chi connectivity index (χ4v) is 0. The normalized spacial score (nSPS) is 6.73. The zero-order valence-corrected chi connectivity index (χ0v) is 8.17. The van der Waals surface area contributed by atoms with Gasteiger partial charge >= 0.3 is 23.1 Å². The maximum Gasteiger partial charge on any atom is 2.00 e. The minimum Gasteiger partial charge on any atom is -0.550 e. The SMILES string of the molecule is CCC(=O)[O-].CCC(=O)[O-].[Mg+2]. The molecule has 0 aromatic rings. The van der Waals surface area contributed by atoms with Crippen LogP contribution in [0.5, 0.6) is 0 Å². The first-order valence-corrected chi connectivity index (χ1v) is 2.94. The number of carbonyl (C=O) groups is 2. The number of rotatable bonds is 2. The van der Waals surface area contributed by atoms with Crippen molar-refractivity contribution in [2.75, 3.05) is 0 Å². The van der Waals surface area contributed by atoms with Crippen LogP contribution in [-0.2, 0) is 9.59 Å². The molecule has 0 spiro atoms. The second kappa shape index (κ2) is 12.4. The Balaban J connectivity index is -0.000000107. The van der Waals surface area contributed by atoms with Crippen LogP contribution < -0.4 is 10.2 Å². The van der Waals surface area contributed by atoms with E-state index in [1.807, 2.05) is 0 Å². The third-order valence-electron chi connectivity index (χ3n) is 0.577. The van der Waals surface area contributed by atoms with Gasteiger partial charge in [-0.25, -0.2) is 0 Å². The fraction of sp³-hybridized carbons (Fsp3) is 0.667. The van der Waals surface area contributed by atoms with Gasteiger partial charge in [0.25, 0.3) is 0 Å². The zero-order chi connectivity index (χ0) is 8.57. The molecule has 0 radical (unpaired) electrons. The molecule has 0 heterocycles. The van der Waals surface area contributed by atoms with Crippen molar-refractivity contribution < 1.29 is 19.8 Å². The summed E-state index contributed by atoms with van der Waals surface area (Å²) in [6.07, 6.45) is 0.222. The van der Waals surface area contributed by atoms with Crippen molar-refractivity contribution in [1.29, 1.82) is 0 Å². The van der Waals surface area contributed by atoms with Crippen LogP contribution in [0.2, 0.25) is 0 Å². The Morgan fingerprint density at radius 2 is 1.09 bits per heavy atom. The molecule has 0 rings (SSSR count). The van der Waals surface area contributed by atoms with Crippen LogP contribution in [0.25, 0.3) is 0 Å². The predicted molar refractivity (Wildman–Crippen MR) is 36.4 cm³/mol. The molecule has 5 heteroatoms. The maximum atomic E-state index is 9.26. The maximum absolute atomic E-state index is 9.26. The molecule has 0 N–H and O–H groups in total. The molecule has 60 valence electrons. The molecule has 0 amide bonds. The Bertz CT molecular complexity index is 99.1. The first-order valence-electron chi connectivity index (χ1n) is 2.94. The minimum absolute atomic E-state index is 0. The monoisotopic (exact) mass is 170 g/mol. The van der Waals surface area contributed by atoms with E-state index in [4.69, 9.17) is 0 Å². The van der Waals surface area contributed by atoms with E-state index in [1.165, 1.54) is 13.8 Å². The minimum atomic E-state index is -0.995. The third kappa shape index (κ3) is 42.0. The summed E-state index contributed by atoms with van der Waals surface area (Å²) in [5, 5.41) is 18.5. The van der Waals surface area contributed by atoms with Gasteiger partial charge in [-0.15, -0.1) is 0 Å². The molecule has 0 aliphatic carbocycles. The quantitative estimate of drug-likeness (QED) is 0.445. The van der Waals surface area contributed by atoms with Crippen LogP contribution in [0, 0.1) is 0 Å². The Morgan fingerprint density at radius 1 is 1.00 bits per heavy atom. The molecule has 0 aliphatic rings. The van der Waals surface area contributed by atoms with Gasteiger partial charge in [0.05, 0.1) is 0 Å². The number of hydrogen-bond acceptors (Lipinski definition) is 4. The van der Waals surface area contributed by atoms with E-state index in [0.717, 1.165) is 0 Å². The standard InChI is InChI=1S/2C3H6O2.Mg/c2*1-2-3(4)5;/h2*2H2,1H3,(H,4,5);/q;;+2/p-2. The molecule has 0 aromatic heterocycles. The van der Waals surface area contributed by atoms with Gasteiger partial charge in [0.1, 0.15) is 0 Å². The number of hydrogen-bond donors (Lipinski definition) is 0. The number of carboxylic acid groups (broad SMARTS) is 2. The van der Waals surface area contributed by atoms with Gasteiger partial charge in [-0.05, 0) is 12.8 Å². The summed E-state index contributed by atoms with van der Waals surface area (Å²) in [6, 6.07) is 0. The van der Waals surface area contributed by atoms with Crippen LogP contribution in [-0.4, -0.2) is 35.0 Å². The van der Waals surface area contributed by atoms with Crippen LogP contribution in [0.15, 0.2) is 0 Å². The van der Waals surface area contributed by atoms with Crippen LogP contribution in [0.1, 0.15) is 26.7 Å². The number of carboxylic acids is 2. The Kier molecular flexibility index (Phi) is 19.1. The van der Waals surface area contributed by atoms with E-state index in [1.54, 1.807) is 0 Å². The Morgan fingerprint density at radius 3 is 1.09 bits per heavy atom. The molecule has 0 aromatic carbocycles. The molecule has 0 bridgehead atoms. The van der Waals surface area contributed by atoms with Gasteiger partial charge in [0, 0.05) is 11.9 Å². The van der Waals surface area contributed by atoms with Crippen molar-refractivity contribution in [3.8, 4) is 0 Å². The molecule has 0 fully saturated rings. The molecule has 0 aliphatic heterocycles. The van der Waals surface area contributed by atoms with Crippen LogP contribution in [0.3, 0.4) is 0 Å². The zero-order valence-electron chi connectivity index (χ0n) is 6.75. The molecule has 0 unspecified atom stereocenters. The summed E-state index contributed by atoms with van der Waals surface area (Å²) < 4.78 is 0. The first kappa shape index (κ1) is 17.0. The second-order valence-electron chi connectivity index (χ2n) is 1.45. The second-order valence-corrected chi connectivity index (χ2v) is 1.45. The number of carbonyl (C=O) groups excluding carboxylic acids is 2. The van der Waals surface area contributed by atoms with E-state index in [9.17, 15) is 19.8 Å². The van der Waals surface area contributed by atoms with E-state index in [-0.39, 0.29) is 35.9 Å². The van der Waals surface area contributed by atoms with Crippen molar-refractivity contribution in [1.82, 2.24) is 0 Å². The summed E-state index contributed by atoms with van der Waals surface area (Å²) in [4.78, 5) is 18.5. The van der Waals surface area contributed by atoms with E-state index >= 15 is 0 Å². The summed E-state index contributed by atoms with van der Waals surface area (Å²) in [6.45, 7) is 3.07. The van der Waals surface area contributed by atoms with Crippen LogP contribution in [0.4, 0.5) is 0 Å². The molecule has 11 heavy (non-hydrogen) atoms. The molecule has 0 saturated heterocycles. The predicted octanol–water partition coefficient (Wildman–Crippen LogP) is -2.09. The average molecular weight is 170 g/mol. The smallest absolute Gasteiger partial charge is 0.550 e. The fourth-order valence-electron chi connectivity index (χ4n) is 0. The largest absolute Gasteiger partial charge is 2.00 e. The Hall–Kier alpha value is -0.294. The Labute approximate surface area is 81.8 Å². The summed E-state index contributed by atoms with van der Waals surface area (Å²) in [5.74, 6) is -1.99. The molecule has 0 atom stereocenters. The van der Waals surface area contributed by atoms with Crippen molar-refractivity contribution in [2.45, 2.75) is 26.7 Å². The molecular weight excluding hydrogens is 160 g/mol. The van der Waals surface area contributed by atoms with E-state index in [0.29, 0.717) is 0 Å². The first-order chi connectivity index (χ1) is 4.54. The van der Waals surface area contributed by atoms with E-state index in [2.05, 4.69) is 0 Å². The third-order valence-corrected chi connectivity index (χ3v) is 0.577. The van der Waals surface area contributed by atoms with Crippen molar-refractivity contribution in [2.24, 2.45) is 0 Å². The summed E-state index contributed by atoms with van der Waals surface area (Å²) in [7, 11) is 0. The van der Waals surface area contributed by atoms with Crippen molar-refractivity contribution >= 4 is 35.0 Å². The van der Waals surface area contributed by atoms with E-state index < -0.39 is 11.9 Å². The van der Waals surface area contributed by atoms with Crippen molar-refractivity contribution in [3.63, 3.8) is 0 Å². The molecule has 4 nitrogen and oxygen atoms in total. The van der Waals surface area contributed by atoms with Gasteiger partial charge in [-0.1, -0.05) is 13.8 Å². The summed E-state index contributed by atoms with van der Waals surface area (Å²) >= 11 is 0. The number of aliphatic carboxylic acids is 2. The van der Waals surface area contributed by atoms with Gasteiger partial charge in [0.2, 0.25) is 0 Å². The van der Waals surface area contributed by atoms with Gasteiger partial charge < -0.3 is 19.8 Å². The van der Waals surface area contributed by atoms with Crippen LogP contribution >= 0.6 is 0 Å². The van der Waals surface area contributed by atoms with Gasteiger partial charge in [-0.3, -0.25) is 0 Å². The average Bonchev–Trinajstić information content (AvgIpc) is 1.89. The molecular formula is C6H10MgO4. The topological polar surface area (TPSA) is 80.3 Å².